The predicted octanol–water partition coefficient (Wildman–Crippen LogP) is 2.45. The minimum atomic E-state index is -0.706. The zero-order valence-corrected chi connectivity index (χ0v) is 10.9. The van der Waals surface area contributed by atoms with Crippen LogP contribution in [0.4, 0.5) is 0 Å². The van der Waals surface area contributed by atoms with Crippen LogP contribution < -0.4 is 4.74 Å². The van der Waals surface area contributed by atoms with Gasteiger partial charge in [0, 0.05) is 0 Å². The summed E-state index contributed by atoms with van der Waals surface area (Å²) in [7, 11) is 0. The molecule has 0 heterocycles. The molecule has 0 saturated carbocycles. The van der Waals surface area contributed by atoms with Crippen LogP contribution in [0, 0.1) is 0 Å². The highest BCUT2D eigenvalue weighted by Crippen LogP contribution is 2.27. The highest BCUT2D eigenvalue weighted by Gasteiger charge is 2.17. The molecule has 1 rings (SSSR count). The number of hydrogen-bond acceptors (Lipinski definition) is 4. The van der Waals surface area contributed by atoms with Crippen LogP contribution in [0.2, 0.25) is 0 Å². The summed E-state index contributed by atoms with van der Waals surface area (Å²) in [5.74, 6) is -0.128. The first-order valence-electron chi connectivity index (χ1n) is 5.86. The number of carbonyl (C=O) groups is 2. The number of esters is 1. The van der Waals surface area contributed by atoms with E-state index in [1.165, 1.54) is 5.56 Å². The third-order valence-corrected chi connectivity index (χ3v) is 3.06. The normalized spacial score (nSPS) is 10.8. The summed E-state index contributed by atoms with van der Waals surface area (Å²) < 4.78 is 9.30. The van der Waals surface area contributed by atoms with E-state index in [9.17, 15) is 9.59 Å². The Balaban J connectivity index is 2.61. The minimum absolute atomic E-state index is 0.0958. The molecule has 0 fully saturated rings. The Morgan fingerprint density at radius 2 is 1.89 bits per heavy atom. The molecule has 0 radical (unpaired) electrons. The van der Waals surface area contributed by atoms with Crippen LogP contribution in [-0.2, 0) is 19.7 Å². The molecular weight excluding hydrogens is 232 g/mol. The van der Waals surface area contributed by atoms with Gasteiger partial charge in [0.05, 0.1) is 0 Å². The quantitative estimate of drug-likeness (QED) is 0.442. The lowest BCUT2D eigenvalue weighted by Crippen LogP contribution is -2.16. The number of ether oxygens (including phenoxy) is 2. The van der Waals surface area contributed by atoms with E-state index >= 15 is 0 Å². The Hall–Kier alpha value is -1.84. The van der Waals surface area contributed by atoms with E-state index in [1.54, 1.807) is 12.1 Å². The van der Waals surface area contributed by atoms with Gasteiger partial charge < -0.3 is 9.47 Å². The molecule has 0 aliphatic carbocycles. The first-order valence-corrected chi connectivity index (χ1v) is 5.86. The van der Waals surface area contributed by atoms with E-state index in [-0.39, 0.29) is 18.5 Å². The molecule has 0 amide bonds. The second-order valence-corrected chi connectivity index (χ2v) is 4.64. The van der Waals surface area contributed by atoms with Gasteiger partial charge in [-0.2, -0.15) is 0 Å². The van der Waals surface area contributed by atoms with Crippen molar-refractivity contribution in [2.45, 2.75) is 32.6 Å². The average molecular weight is 250 g/mol. The molecule has 0 unspecified atom stereocenters. The van der Waals surface area contributed by atoms with Gasteiger partial charge in [-0.05, 0) is 29.5 Å². The van der Waals surface area contributed by atoms with Crippen molar-refractivity contribution in [3.63, 3.8) is 0 Å². The number of benzene rings is 1. The smallest absolute Gasteiger partial charge is 0.351 e. The van der Waals surface area contributed by atoms with Crippen LogP contribution in [0.15, 0.2) is 24.3 Å². The van der Waals surface area contributed by atoms with Crippen LogP contribution in [-0.4, -0.2) is 19.0 Å². The molecule has 0 aliphatic rings. The van der Waals surface area contributed by atoms with Gasteiger partial charge in [-0.25, -0.2) is 4.79 Å². The van der Waals surface area contributed by atoms with Crippen molar-refractivity contribution in [3.05, 3.63) is 29.8 Å². The molecule has 0 atom stereocenters. The Morgan fingerprint density at radius 1 is 1.28 bits per heavy atom. The highest BCUT2D eigenvalue weighted by atomic mass is 16.6. The van der Waals surface area contributed by atoms with Gasteiger partial charge in [0.25, 0.3) is 0 Å². The summed E-state index contributed by atoms with van der Waals surface area (Å²) in [6.45, 7) is 6.31. The maximum absolute atomic E-state index is 10.9. The van der Waals surface area contributed by atoms with Crippen molar-refractivity contribution in [1.82, 2.24) is 0 Å². The zero-order chi connectivity index (χ0) is 13.6. The molecule has 0 aromatic heterocycles. The maximum Gasteiger partial charge on any atom is 0.351 e. The van der Waals surface area contributed by atoms with Crippen molar-refractivity contribution in [2.24, 2.45) is 0 Å². The van der Waals surface area contributed by atoms with Crippen molar-refractivity contribution >= 4 is 12.4 Å². The van der Waals surface area contributed by atoms with Crippen molar-refractivity contribution < 1.29 is 19.1 Å². The molecule has 0 saturated heterocycles. The van der Waals surface area contributed by atoms with Crippen molar-refractivity contribution in [1.29, 1.82) is 0 Å². The molecule has 0 bridgehead atoms. The second kappa shape index (κ2) is 6.19. The van der Waals surface area contributed by atoms with Gasteiger partial charge in [0.2, 0.25) is 0 Å². The average Bonchev–Trinajstić information content (AvgIpc) is 2.37. The zero-order valence-electron chi connectivity index (χ0n) is 10.9. The molecule has 18 heavy (non-hydrogen) atoms. The third-order valence-electron chi connectivity index (χ3n) is 3.06. The van der Waals surface area contributed by atoms with Gasteiger partial charge in [-0.3, -0.25) is 4.79 Å². The monoisotopic (exact) mass is 250 g/mol. The molecule has 1 aromatic carbocycles. The van der Waals surface area contributed by atoms with Crippen molar-refractivity contribution in [2.75, 3.05) is 6.61 Å². The summed E-state index contributed by atoms with van der Waals surface area (Å²) in [4.78, 5) is 20.8. The molecule has 0 N–H and O–H groups in total. The van der Waals surface area contributed by atoms with E-state index < -0.39 is 5.97 Å². The Bertz CT molecular complexity index is 406. The fourth-order valence-corrected chi connectivity index (χ4v) is 1.44. The van der Waals surface area contributed by atoms with Gasteiger partial charge in [-0.15, -0.1) is 0 Å². The molecule has 4 heteroatoms. The lowest BCUT2D eigenvalue weighted by molar-refractivity contribution is -0.153. The first kappa shape index (κ1) is 14.2. The summed E-state index contributed by atoms with van der Waals surface area (Å²) in [5, 5.41) is 0. The van der Waals surface area contributed by atoms with Crippen LogP contribution >= 0.6 is 0 Å². The van der Waals surface area contributed by atoms with Crippen LogP contribution in [0.3, 0.4) is 0 Å². The fraction of sp³-hybridized carbons (Fsp3) is 0.429. The molecule has 4 nitrogen and oxygen atoms in total. The van der Waals surface area contributed by atoms with Crippen LogP contribution in [0.1, 0.15) is 32.8 Å². The van der Waals surface area contributed by atoms with E-state index in [0.717, 1.165) is 6.42 Å². The molecule has 0 spiro atoms. The Labute approximate surface area is 107 Å². The summed E-state index contributed by atoms with van der Waals surface area (Å²) >= 11 is 0. The topological polar surface area (TPSA) is 52.6 Å². The van der Waals surface area contributed by atoms with Gasteiger partial charge in [0.15, 0.2) is 6.61 Å². The lowest BCUT2D eigenvalue weighted by atomic mass is 9.82. The highest BCUT2D eigenvalue weighted by molar-refractivity contribution is 5.77. The maximum atomic E-state index is 10.9. The number of hydrogen-bond donors (Lipinski definition) is 0. The van der Waals surface area contributed by atoms with Crippen molar-refractivity contribution in [3.8, 4) is 5.75 Å². The van der Waals surface area contributed by atoms with Crippen LogP contribution in [0.25, 0.3) is 0 Å². The minimum Gasteiger partial charge on any atom is -0.482 e. The summed E-state index contributed by atoms with van der Waals surface area (Å²) in [6, 6.07) is 7.57. The standard InChI is InChI=1S/C14H18O4/c1-4-14(2,3)11-5-7-12(8-6-11)17-9-13(16)18-10-15/h5-8,10H,4,9H2,1-3H3. The van der Waals surface area contributed by atoms with E-state index in [0.29, 0.717) is 5.75 Å². The van der Waals surface area contributed by atoms with E-state index in [4.69, 9.17) is 4.74 Å². The van der Waals surface area contributed by atoms with E-state index in [2.05, 4.69) is 25.5 Å². The molecule has 98 valence electrons. The van der Waals surface area contributed by atoms with Gasteiger partial charge in [-0.1, -0.05) is 32.9 Å². The lowest BCUT2D eigenvalue weighted by Gasteiger charge is -2.23. The number of carbonyl (C=O) groups excluding carboxylic acids is 2. The molecule has 0 aliphatic heterocycles. The first-order chi connectivity index (χ1) is 8.49. The Kier molecular flexibility index (Phi) is 4.89. The summed E-state index contributed by atoms with van der Waals surface area (Å²) in [5.41, 5.74) is 1.34. The Morgan fingerprint density at radius 3 is 2.39 bits per heavy atom. The van der Waals surface area contributed by atoms with E-state index in [1.807, 2.05) is 12.1 Å². The third kappa shape index (κ3) is 3.87. The summed E-state index contributed by atoms with van der Waals surface area (Å²) in [6.07, 6.45) is 1.04. The molecule has 1 aromatic rings. The van der Waals surface area contributed by atoms with Gasteiger partial charge >= 0.3 is 12.4 Å². The largest absolute Gasteiger partial charge is 0.482 e. The number of rotatable bonds is 6. The second-order valence-electron chi connectivity index (χ2n) is 4.64. The predicted molar refractivity (Wildman–Crippen MR) is 67.4 cm³/mol. The fourth-order valence-electron chi connectivity index (χ4n) is 1.44. The molecular formula is C14H18O4. The van der Waals surface area contributed by atoms with Gasteiger partial charge in [0.1, 0.15) is 5.75 Å². The SMILES string of the molecule is CCC(C)(C)c1ccc(OCC(=O)OC=O)cc1. The van der Waals surface area contributed by atoms with Crippen LogP contribution in [0.5, 0.6) is 5.75 Å².